The first-order valence-electron chi connectivity index (χ1n) is 14.9. The number of carbonyl (C=O) groups is 3. The summed E-state index contributed by atoms with van der Waals surface area (Å²) < 4.78 is 37.0. The van der Waals surface area contributed by atoms with Crippen molar-refractivity contribution in [1.29, 1.82) is 0 Å². The molecule has 1 aromatic heterocycles. The molecule has 1 aromatic carbocycles. The second-order valence-electron chi connectivity index (χ2n) is 13.3. The van der Waals surface area contributed by atoms with E-state index in [1.807, 2.05) is 33.8 Å². The zero-order valence-electron chi connectivity index (χ0n) is 25.8. The van der Waals surface area contributed by atoms with Crippen LogP contribution < -0.4 is 14.8 Å². The fourth-order valence-corrected chi connectivity index (χ4v) is 7.77. The van der Waals surface area contributed by atoms with Gasteiger partial charge >= 0.3 is 0 Å². The molecule has 0 unspecified atom stereocenters. The monoisotopic (exact) mass is 645 g/mol. The van der Waals surface area contributed by atoms with Crippen LogP contribution in [-0.4, -0.2) is 78.2 Å². The number of rotatable bonds is 11. The van der Waals surface area contributed by atoms with Crippen LogP contribution in [0.15, 0.2) is 37.1 Å². The predicted octanol–water partition coefficient (Wildman–Crippen LogP) is 4.13. The fraction of sp³-hybridized carbons (Fsp3) is 0.562. The van der Waals surface area contributed by atoms with Gasteiger partial charge in [0.1, 0.15) is 40.1 Å². The van der Waals surface area contributed by atoms with E-state index < -0.39 is 56.1 Å². The van der Waals surface area contributed by atoms with Gasteiger partial charge in [-0.05, 0) is 42.9 Å². The first-order valence-corrected chi connectivity index (χ1v) is 17.0. The van der Waals surface area contributed by atoms with Crippen molar-refractivity contribution < 1.29 is 32.3 Å². The van der Waals surface area contributed by atoms with Gasteiger partial charge in [-0.25, -0.2) is 13.4 Å². The highest BCUT2D eigenvalue weighted by atomic mass is 35.5. The molecule has 1 saturated heterocycles. The molecule has 5 rings (SSSR count). The fourth-order valence-electron chi connectivity index (χ4n) is 5.85. The number of hydrogen-bond donors (Lipinski definition) is 1. The average molecular weight is 646 g/mol. The summed E-state index contributed by atoms with van der Waals surface area (Å²) in [6.07, 6.45) is 4.14. The molecule has 3 aliphatic rings. The smallest absolute Gasteiger partial charge is 0.243 e. The number of sulfone groups is 1. The highest BCUT2D eigenvalue weighted by Crippen LogP contribution is 2.46. The summed E-state index contributed by atoms with van der Waals surface area (Å²) >= 11 is 6.36. The Morgan fingerprint density at radius 3 is 2.55 bits per heavy atom. The van der Waals surface area contributed by atoms with Gasteiger partial charge < -0.3 is 19.7 Å². The number of pyridine rings is 1. The lowest BCUT2D eigenvalue weighted by molar-refractivity contribution is -0.144. The molecule has 2 aromatic rings. The van der Waals surface area contributed by atoms with Crippen molar-refractivity contribution >= 4 is 49.8 Å². The van der Waals surface area contributed by atoms with Crippen molar-refractivity contribution in [3.63, 3.8) is 0 Å². The van der Waals surface area contributed by atoms with Gasteiger partial charge in [-0.2, -0.15) is 0 Å². The lowest BCUT2D eigenvalue weighted by Crippen LogP contribution is -2.55. The second kappa shape index (κ2) is 11.6. The SMILES string of the molecule is C=C[C@@H]1C[C@]1(NC(=O)[C@@H]1C[C@@H](Oc2ccc3c(OC)cnc(Cl)c3c2)CN1C(=O)[C@@H](C)C(C)(C)C)C(=O)CS(=O)(=O)C1CC1. The van der Waals surface area contributed by atoms with Gasteiger partial charge in [0, 0.05) is 29.0 Å². The third kappa shape index (κ3) is 6.18. The number of hydrogen-bond acceptors (Lipinski definition) is 8. The number of methoxy groups -OCH3 is 1. The van der Waals surface area contributed by atoms with Crippen LogP contribution in [0.2, 0.25) is 5.15 Å². The Morgan fingerprint density at radius 1 is 1.25 bits per heavy atom. The Kier molecular flexibility index (Phi) is 8.52. The summed E-state index contributed by atoms with van der Waals surface area (Å²) in [6.45, 7) is 11.7. The maximum Gasteiger partial charge on any atom is 0.243 e. The minimum Gasteiger partial charge on any atom is -0.494 e. The number of fused-ring (bicyclic) bond motifs is 1. The molecule has 5 atom stereocenters. The third-order valence-electron chi connectivity index (χ3n) is 9.32. The van der Waals surface area contributed by atoms with E-state index in [1.54, 1.807) is 31.5 Å². The number of ketones is 1. The lowest BCUT2D eigenvalue weighted by Gasteiger charge is -2.33. The van der Waals surface area contributed by atoms with Gasteiger partial charge in [0.2, 0.25) is 11.8 Å². The molecule has 2 amide bonds. The standard InChI is InChI=1S/C32H40ClN3O7S/c1-7-19-14-32(19,27(37)17-44(40,41)22-9-10-22)35-29(38)25-13-21(16-36(25)30(39)18(2)31(3,4)5)43-20-8-11-23-24(12-20)28(33)34-15-26(23)42-6/h7-8,11-12,15,18-19,21-22,25H,1,9-10,13-14,16-17H2,2-6H3,(H,35,38)/t18-,19-,21-,25+,32-/m1/s1. The molecule has 1 aliphatic heterocycles. The number of aromatic nitrogens is 1. The molecular weight excluding hydrogens is 606 g/mol. The minimum atomic E-state index is -3.58. The van der Waals surface area contributed by atoms with E-state index in [2.05, 4.69) is 16.9 Å². The summed E-state index contributed by atoms with van der Waals surface area (Å²) in [5.74, 6) is -1.61. The van der Waals surface area contributed by atoms with Gasteiger partial charge in [0.15, 0.2) is 15.6 Å². The van der Waals surface area contributed by atoms with Crippen LogP contribution in [0.3, 0.4) is 0 Å². The Bertz CT molecular complexity index is 1620. The molecule has 238 valence electrons. The Morgan fingerprint density at radius 2 is 1.95 bits per heavy atom. The minimum absolute atomic E-state index is 0.154. The summed E-state index contributed by atoms with van der Waals surface area (Å²) in [5.41, 5.74) is -1.71. The number of nitrogens with zero attached hydrogens (tertiary/aromatic N) is 2. The number of ether oxygens (including phenoxy) is 2. The largest absolute Gasteiger partial charge is 0.494 e. The number of amides is 2. The molecule has 12 heteroatoms. The van der Waals surface area contributed by atoms with Gasteiger partial charge in [-0.3, -0.25) is 14.4 Å². The number of carbonyl (C=O) groups excluding carboxylic acids is 3. The van der Waals surface area contributed by atoms with Crippen LogP contribution >= 0.6 is 11.6 Å². The van der Waals surface area contributed by atoms with Gasteiger partial charge in [-0.15, -0.1) is 6.58 Å². The molecule has 2 saturated carbocycles. The molecule has 10 nitrogen and oxygen atoms in total. The first kappa shape index (κ1) is 32.2. The van der Waals surface area contributed by atoms with Crippen LogP contribution in [0.1, 0.15) is 53.4 Å². The quantitative estimate of drug-likeness (QED) is 0.285. The van der Waals surface area contributed by atoms with E-state index in [0.717, 1.165) is 5.39 Å². The average Bonchev–Trinajstić information content (AvgIpc) is 3.89. The highest BCUT2D eigenvalue weighted by molar-refractivity contribution is 7.93. The summed E-state index contributed by atoms with van der Waals surface area (Å²) in [4.78, 5) is 46.8. The van der Waals surface area contributed by atoms with Crippen molar-refractivity contribution in [3.8, 4) is 11.5 Å². The third-order valence-corrected chi connectivity index (χ3v) is 11.8. The van der Waals surface area contributed by atoms with Crippen molar-refractivity contribution in [2.45, 2.75) is 76.3 Å². The van der Waals surface area contributed by atoms with Crippen LogP contribution in [-0.2, 0) is 24.2 Å². The van der Waals surface area contributed by atoms with Crippen LogP contribution in [0, 0.1) is 17.3 Å². The molecule has 2 heterocycles. The van der Waals surface area contributed by atoms with E-state index in [9.17, 15) is 22.8 Å². The van der Waals surface area contributed by atoms with E-state index in [4.69, 9.17) is 21.1 Å². The highest BCUT2D eigenvalue weighted by Gasteiger charge is 2.61. The van der Waals surface area contributed by atoms with Crippen LogP contribution in [0.25, 0.3) is 10.8 Å². The lowest BCUT2D eigenvalue weighted by atomic mass is 9.81. The first-order chi connectivity index (χ1) is 20.6. The van der Waals surface area contributed by atoms with E-state index in [0.29, 0.717) is 29.7 Å². The Hall–Kier alpha value is -3.18. The molecule has 3 fully saturated rings. The summed E-state index contributed by atoms with van der Waals surface area (Å²) in [5, 5.41) is 4.07. The zero-order chi connectivity index (χ0) is 32.2. The van der Waals surface area contributed by atoms with E-state index in [1.165, 1.54) is 4.90 Å². The molecule has 44 heavy (non-hydrogen) atoms. The van der Waals surface area contributed by atoms with E-state index >= 15 is 0 Å². The molecule has 0 spiro atoms. The van der Waals surface area contributed by atoms with Crippen molar-refractivity contribution in [2.75, 3.05) is 19.4 Å². The number of Topliss-reactive ketones (excluding diaryl/α,β-unsaturated/α-hetero) is 1. The van der Waals surface area contributed by atoms with E-state index in [-0.39, 0.29) is 41.8 Å². The second-order valence-corrected chi connectivity index (χ2v) is 16.0. The van der Waals surface area contributed by atoms with Gasteiger partial charge in [-0.1, -0.05) is 45.4 Å². The van der Waals surface area contributed by atoms with Crippen molar-refractivity contribution in [1.82, 2.24) is 15.2 Å². The Balaban J connectivity index is 1.39. The molecule has 2 aliphatic carbocycles. The molecule has 1 N–H and O–H groups in total. The molecular formula is C32H40ClN3O7S. The molecule has 0 radical (unpaired) electrons. The zero-order valence-corrected chi connectivity index (χ0v) is 27.3. The maximum absolute atomic E-state index is 13.9. The topological polar surface area (TPSA) is 132 Å². The summed E-state index contributed by atoms with van der Waals surface area (Å²) in [7, 11) is -2.03. The molecule has 0 bridgehead atoms. The Labute approximate surface area is 263 Å². The van der Waals surface area contributed by atoms with Gasteiger partial charge in [0.05, 0.1) is 25.1 Å². The number of likely N-dealkylation sites (tertiary alicyclic amines) is 1. The van der Waals surface area contributed by atoms with Crippen LogP contribution in [0.5, 0.6) is 11.5 Å². The van der Waals surface area contributed by atoms with Gasteiger partial charge in [0.25, 0.3) is 0 Å². The maximum atomic E-state index is 13.9. The number of benzene rings is 1. The van der Waals surface area contributed by atoms with Crippen molar-refractivity contribution in [3.05, 3.63) is 42.2 Å². The predicted molar refractivity (Wildman–Crippen MR) is 167 cm³/mol. The van der Waals surface area contributed by atoms with Crippen molar-refractivity contribution in [2.24, 2.45) is 17.3 Å². The summed E-state index contributed by atoms with van der Waals surface area (Å²) in [6, 6.07) is 4.41. The normalized spacial score (nSPS) is 25.8. The number of halogens is 1. The number of nitrogens with one attached hydrogen (secondary N) is 1. The van der Waals surface area contributed by atoms with Crippen LogP contribution in [0.4, 0.5) is 0 Å².